The van der Waals surface area contributed by atoms with E-state index in [2.05, 4.69) is 29.3 Å². The van der Waals surface area contributed by atoms with E-state index in [1.807, 2.05) is 6.92 Å². The summed E-state index contributed by atoms with van der Waals surface area (Å²) in [4.78, 5) is 16.4. The lowest BCUT2D eigenvalue weighted by Crippen LogP contribution is -2.54. The fraction of sp³-hybridized carbons (Fsp3) is 0.800. The molecule has 1 unspecified atom stereocenters. The second-order valence-electron chi connectivity index (χ2n) is 6.50. The molecule has 0 spiro atoms. The molecular weight excluding hydrogens is 268 g/mol. The Morgan fingerprint density at radius 2 is 2.24 bits per heavy atom. The highest BCUT2D eigenvalue weighted by Crippen LogP contribution is 2.38. The minimum atomic E-state index is -0.347. The standard InChI is InChI=1S/C15H26N4O2/c1-10(2)15(3,9-16)18-12(20)5-4-6-13-17-14(19-21-13)11-7-8-11/h10-11H,4-9,16H2,1-3H3,(H,18,20). The average Bonchev–Trinajstić information content (AvgIpc) is 3.18. The van der Waals surface area contributed by atoms with E-state index >= 15 is 0 Å². The summed E-state index contributed by atoms with van der Waals surface area (Å²) in [5.74, 6) is 2.28. The molecule has 0 radical (unpaired) electrons. The smallest absolute Gasteiger partial charge is 0.226 e. The number of aromatic nitrogens is 2. The first-order valence-corrected chi connectivity index (χ1v) is 7.78. The third-order valence-electron chi connectivity index (χ3n) is 4.34. The fourth-order valence-electron chi connectivity index (χ4n) is 2.09. The highest BCUT2D eigenvalue weighted by molar-refractivity contribution is 5.76. The van der Waals surface area contributed by atoms with Crippen LogP contribution in [-0.4, -0.2) is 28.1 Å². The maximum Gasteiger partial charge on any atom is 0.226 e. The van der Waals surface area contributed by atoms with Crippen LogP contribution in [-0.2, 0) is 11.2 Å². The van der Waals surface area contributed by atoms with Gasteiger partial charge < -0.3 is 15.6 Å². The van der Waals surface area contributed by atoms with Crippen LogP contribution in [0.4, 0.5) is 0 Å². The zero-order valence-electron chi connectivity index (χ0n) is 13.2. The summed E-state index contributed by atoms with van der Waals surface area (Å²) in [6, 6.07) is 0. The third kappa shape index (κ3) is 4.27. The Labute approximate surface area is 125 Å². The van der Waals surface area contributed by atoms with Crippen molar-refractivity contribution in [2.45, 2.75) is 64.3 Å². The van der Waals surface area contributed by atoms with Gasteiger partial charge in [0, 0.05) is 25.3 Å². The summed E-state index contributed by atoms with van der Waals surface area (Å²) < 4.78 is 5.20. The molecule has 6 heteroatoms. The summed E-state index contributed by atoms with van der Waals surface area (Å²) in [7, 11) is 0. The lowest BCUT2D eigenvalue weighted by molar-refractivity contribution is -0.123. The van der Waals surface area contributed by atoms with Crippen LogP contribution < -0.4 is 11.1 Å². The lowest BCUT2D eigenvalue weighted by atomic mass is 9.88. The second kappa shape index (κ2) is 6.56. The summed E-state index contributed by atoms with van der Waals surface area (Å²) in [6.45, 7) is 6.54. The van der Waals surface area contributed by atoms with Crippen molar-refractivity contribution in [1.82, 2.24) is 15.5 Å². The molecule has 0 aromatic carbocycles. The molecule has 21 heavy (non-hydrogen) atoms. The molecule has 3 N–H and O–H groups in total. The van der Waals surface area contributed by atoms with Crippen LogP contribution in [0.15, 0.2) is 4.52 Å². The van der Waals surface area contributed by atoms with Gasteiger partial charge in [0.05, 0.1) is 5.54 Å². The maximum atomic E-state index is 12.0. The van der Waals surface area contributed by atoms with Crippen molar-refractivity contribution < 1.29 is 9.32 Å². The van der Waals surface area contributed by atoms with Crippen LogP contribution >= 0.6 is 0 Å². The maximum absolute atomic E-state index is 12.0. The highest BCUT2D eigenvalue weighted by Gasteiger charge is 2.29. The zero-order valence-corrected chi connectivity index (χ0v) is 13.2. The number of amides is 1. The van der Waals surface area contributed by atoms with Gasteiger partial charge in [0.1, 0.15) is 0 Å². The van der Waals surface area contributed by atoms with E-state index in [0.717, 1.165) is 18.7 Å². The van der Waals surface area contributed by atoms with Gasteiger partial charge in [-0.15, -0.1) is 0 Å². The Morgan fingerprint density at radius 3 is 2.81 bits per heavy atom. The Morgan fingerprint density at radius 1 is 1.52 bits per heavy atom. The fourth-order valence-corrected chi connectivity index (χ4v) is 2.09. The first-order valence-electron chi connectivity index (χ1n) is 7.78. The number of hydrogen-bond acceptors (Lipinski definition) is 5. The van der Waals surface area contributed by atoms with Crippen LogP contribution in [0.5, 0.6) is 0 Å². The van der Waals surface area contributed by atoms with Crippen molar-refractivity contribution in [3.8, 4) is 0 Å². The number of nitrogens with one attached hydrogen (secondary N) is 1. The Bertz CT molecular complexity index is 482. The first kappa shape index (κ1) is 15.9. The predicted octanol–water partition coefficient (Wildman–Crippen LogP) is 1.76. The Hall–Kier alpha value is -1.43. The van der Waals surface area contributed by atoms with E-state index in [-0.39, 0.29) is 11.4 Å². The van der Waals surface area contributed by atoms with Gasteiger partial charge in [-0.2, -0.15) is 4.98 Å². The van der Waals surface area contributed by atoms with Crippen LogP contribution in [0.25, 0.3) is 0 Å². The van der Waals surface area contributed by atoms with Gasteiger partial charge in [0.2, 0.25) is 11.8 Å². The molecule has 118 valence electrons. The number of nitrogens with zero attached hydrogens (tertiary/aromatic N) is 2. The summed E-state index contributed by atoms with van der Waals surface area (Å²) >= 11 is 0. The van der Waals surface area contributed by atoms with Crippen LogP contribution in [0.1, 0.15) is 64.1 Å². The van der Waals surface area contributed by atoms with Crippen LogP contribution in [0, 0.1) is 5.92 Å². The summed E-state index contributed by atoms with van der Waals surface area (Å²) in [5, 5.41) is 7.00. The predicted molar refractivity (Wildman–Crippen MR) is 79.7 cm³/mol. The molecule has 1 fully saturated rings. The first-order chi connectivity index (χ1) is 9.94. The van der Waals surface area contributed by atoms with Gasteiger partial charge in [0.15, 0.2) is 5.82 Å². The molecule has 0 bridgehead atoms. The normalized spacial score (nSPS) is 17.8. The van der Waals surface area contributed by atoms with E-state index in [1.165, 1.54) is 0 Å². The molecule has 0 saturated heterocycles. The topological polar surface area (TPSA) is 94.0 Å². The van der Waals surface area contributed by atoms with Gasteiger partial charge in [-0.25, -0.2) is 0 Å². The number of hydrogen-bond donors (Lipinski definition) is 2. The van der Waals surface area contributed by atoms with Crippen molar-refractivity contribution in [2.75, 3.05) is 6.54 Å². The molecule has 1 aliphatic rings. The molecule has 1 heterocycles. The number of carbonyl (C=O) groups is 1. The van der Waals surface area contributed by atoms with E-state index in [1.54, 1.807) is 0 Å². The molecule has 1 aromatic rings. The zero-order chi connectivity index (χ0) is 15.5. The van der Waals surface area contributed by atoms with Crippen molar-refractivity contribution in [3.05, 3.63) is 11.7 Å². The summed E-state index contributed by atoms with van der Waals surface area (Å²) in [6.07, 6.45) is 4.12. The van der Waals surface area contributed by atoms with Gasteiger partial charge in [0.25, 0.3) is 0 Å². The van der Waals surface area contributed by atoms with E-state index in [0.29, 0.717) is 43.5 Å². The van der Waals surface area contributed by atoms with Crippen molar-refractivity contribution in [1.29, 1.82) is 0 Å². The lowest BCUT2D eigenvalue weighted by Gasteiger charge is -2.33. The van der Waals surface area contributed by atoms with Gasteiger partial charge >= 0.3 is 0 Å². The number of nitrogens with two attached hydrogens (primary N) is 1. The van der Waals surface area contributed by atoms with Gasteiger partial charge in [-0.1, -0.05) is 19.0 Å². The minimum Gasteiger partial charge on any atom is -0.349 e. The molecule has 6 nitrogen and oxygen atoms in total. The van der Waals surface area contributed by atoms with Gasteiger partial charge in [-0.05, 0) is 32.1 Å². The average molecular weight is 294 g/mol. The highest BCUT2D eigenvalue weighted by atomic mass is 16.5. The molecular formula is C15H26N4O2. The van der Waals surface area contributed by atoms with Crippen LogP contribution in [0.3, 0.4) is 0 Å². The molecule has 1 amide bonds. The molecule has 2 rings (SSSR count). The molecule has 1 aromatic heterocycles. The van der Waals surface area contributed by atoms with E-state index < -0.39 is 0 Å². The molecule has 1 saturated carbocycles. The molecule has 1 aliphatic carbocycles. The Balaban J connectivity index is 1.73. The largest absolute Gasteiger partial charge is 0.349 e. The van der Waals surface area contributed by atoms with Crippen molar-refractivity contribution >= 4 is 5.91 Å². The second-order valence-corrected chi connectivity index (χ2v) is 6.50. The van der Waals surface area contributed by atoms with Crippen molar-refractivity contribution in [2.24, 2.45) is 11.7 Å². The van der Waals surface area contributed by atoms with E-state index in [4.69, 9.17) is 10.3 Å². The summed E-state index contributed by atoms with van der Waals surface area (Å²) in [5.41, 5.74) is 5.42. The minimum absolute atomic E-state index is 0.0265. The number of aryl methyl sites for hydroxylation is 1. The Kier molecular flexibility index (Phi) is 4.98. The molecule has 0 aliphatic heterocycles. The van der Waals surface area contributed by atoms with Crippen LogP contribution in [0.2, 0.25) is 0 Å². The third-order valence-corrected chi connectivity index (χ3v) is 4.34. The monoisotopic (exact) mass is 294 g/mol. The van der Waals surface area contributed by atoms with Gasteiger partial charge in [-0.3, -0.25) is 4.79 Å². The number of carbonyl (C=O) groups excluding carboxylic acids is 1. The SMILES string of the molecule is CC(C)C(C)(CN)NC(=O)CCCc1nc(C2CC2)no1. The quantitative estimate of drug-likeness (QED) is 0.762. The molecule has 1 atom stereocenters. The number of rotatable bonds is 8. The van der Waals surface area contributed by atoms with E-state index in [9.17, 15) is 4.79 Å². The van der Waals surface area contributed by atoms with Crippen molar-refractivity contribution in [3.63, 3.8) is 0 Å².